The van der Waals surface area contributed by atoms with Gasteiger partial charge in [0.25, 0.3) is 0 Å². The average molecular weight is 236 g/mol. The first kappa shape index (κ1) is 14.5. The lowest BCUT2D eigenvalue weighted by Crippen LogP contribution is -2.14. The molecule has 0 aromatic rings. The molecule has 0 N–H and O–H groups in total. The van der Waals surface area contributed by atoms with Gasteiger partial charge >= 0.3 is 0 Å². The fourth-order valence-electron chi connectivity index (χ4n) is 1.99. The van der Waals surface area contributed by atoms with E-state index in [9.17, 15) is 0 Å². The van der Waals surface area contributed by atoms with Crippen LogP contribution in [0.15, 0.2) is 23.3 Å². The van der Waals surface area contributed by atoms with E-state index >= 15 is 0 Å². The summed E-state index contributed by atoms with van der Waals surface area (Å²) in [5.74, 6) is 0. The van der Waals surface area contributed by atoms with Crippen LogP contribution in [-0.2, 0) is 4.74 Å². The molecule has 0 saturated carbocycles. The van der Waals surface area contributed by atoms with E-state index < -0.39 is 0 Å². The normalized spacial score (nSPS) is 16.0. The van der Waals surface area contributed by atoms with Crippen LogP contribution in [0, 0.1) is 5.41 Å². The van der Waals surface area contributed by atoms with Crippen molar-refractivity contribution in [2.75, 3.05) is 13.2 Å². The number of unbranched alkanes of at least 4 members (excludes halogenated alkanes) is 2. The van der Waals surface area contributed by atoms with E-state index in [0.29, 0.717) is 5.41 Å². The van der Waals surface area contributed by atoms with Gasteiger partial charge < -0.3 is 4.74 Å². The Morgan fingerprint density at radius 3 is 2.53 bits per heavy atom. The summed E-state index contributed by atoms with van der Waals surface area (Å²) in [6.45, 7) is 10.7. The monoisotopic (exact) mass is 236 g/mol. The molecule has 0 radical (unpaired) electrons. The number of allylic oxidation sites excluding steroid dienone is 4. The predicted molar refractivity (Wildman–Crippen MR) is 75.2 cm³/mol. The molecule has 0 heterocycles. The zero-order chi connectivity index (χ0) is 12.7. The molecule has 0 spiro atoms. The van der Waals surface area contributed by atoms with E-state index in [0.717, 1.165) is 13.2 Å². The maximum Gasteiger partial charge on any atom is 0.0514 e. The first-order valence-electron chi connectivity index (χ1n) is 6.91. The van der Waals surface area contributed by atoms with Crippen LogP contribution in [-0.4, -0.2) is 13.2 Å². The second-order valence-corrected chi connectivity index (χ2v) is 6.40. The van der Waals surface area contributed by atoms with Gasteiger partial charge in [0, 0.05) is 6.61 Å². The van der Waals surface area contributed by atoms with Crippen molar-refractivity contribution in [2.24, 2.45) is 5.41 Å². The second kappa shape index (κ2) is 7.00. The van der Waals surface area contributed by atoms with Crippen LogP contribution >= 0.6 is 0 Å². The Labute approximate surface area is 107 Å². The third-order valence-electron chi connectivity index (χ3n) is 2.91. The van der Waals surface area contributed by atoms with Gasteiger partial charge in [-0.1, -0.05) is 50.5 Å². The zero-order valence-electron chi connectivity index (χ0n) is 12.0. The van der Waals surface area contributed by atoms with Crippen LogP contribution < -0.4 is 0 Å². The Morgan fingerprint density at radius 1 is 1.18 bits per heavy atom. The molecule has 0 saturated heterocycles. The molecule has 1 heteroatoms. The fourth-order valence-corrected chi connectivity index (χ4v) is 1.99. The molecule has 1 rings (SSSR count). The van der Waals surface area contributed by atoms with Crippen molar-refractivity contribution in [1.29, 1.82) is 0 Å². The molecule has 0 aliphatic heterocycles. The van der Waals surface area contributed by atoms with Crippen LogP contribution in [0.3, 0.4) is 0 Å². The minimum Gasteiger partial charge on any atom is -0.381 e. The molecule has 1 aliphatic rings. The van der Waals surface area contributed by atoms with Gasteiger partial charge in [-0.05, 0) is 38.0 Å². The Morgan fingerprint density at radius 2 is 1.94 bits per heavy atom. The summed E-state index contributed by atoms with van der Waals surface area (Å²) in [5, 5.41) is 0. The molecular formula is C16H28O. The molecule has 0 unspecified atom stereocenters. The van der Waals surface area contributed by atoms with Crippen molar-refractivity contribution >= 4 is 0 Å². The lowest BCUT2D eigenvalue weighted by molar-refractivity contribution is 0.0687. The fraction of sp³-hybridized carbons (Fsp3) is 0.750. The second-order valence-electron chi connectivity index (χ2n) is 6.40. The zero-order valence-corrected chi connectivity index (χ0v) is 12.0. The summed E-state index contributed by atoms with van der Waals surface area (Å²) in [6, 6.07) is 0. The molecular weight excluding hydrogens is 208 g/mol. The van der Waals surface area contributed by atoms with Crippen LogP contribution in [0.5, 0.6) is 0 Å². The van der Waals surface area contributed by atoms with E-state index in [-0.39, 0.29) is 0 Å². The SMILES string of the molecule is CC1=CC(CCCCCOCC(C)(C)C)=CC1. The molecule has 1 nitrogen and oxygen atoms in total. The van der Waals surface area contributed by atoms with E-state index in [1.54, 1.807) is 0 Å². The van der Waals surface area contributed by atoms with Crippen molar-refractivity contribution in [3.8, 4) is 0 Å². The summed E-state index contributed by atoms with van der Waals surface area (Å²) < 4.78 is 5.66. The summed E-state index contributed by atoms with van der Waals surface area (Å²) in [5.41, 5.74) is 3.35. The summed E-state index contributed by atoms with van der Waals surface area (Å²) in [4.78, 5) is 0. The Hall–Kier alpha value is -0.560. The number of hydrogen-bond acceptors (Lipinski definition) is 1. The molecule has 17 heavy (non-hydrogen) atoms. The van der Waals surface area contributed by atoms with Crippen molar-refractivity contribution in [1.82, 2.24) is 0 Å². The van der Waals surface area contributed by atoms with Crippen LogP contribution in [0.1, 0.15) is 59.8 Å². The van der Waals surface area contributed by atoms with Crippen molar-refractivity contribution in [3.05, 3.63) is 23.3 Å². The Kier molecular flexibility index (Phi) is 5.97. The van der Waals surface area contributed by atoms with Gasteiger partial charge in [-0.25, -0.2) is 0 Å². The smallest absolute Gasteiger partial charge is 0.0514 e. The van der Waals surface area contributed by atoms with E-state index in [4.69, 9.17) is 4.74 Å². The largest absolute Gasteiger partial charge is 0.381 e. The Balaban J connectivity index is 1.92. The molecule has 0 amide bonds. The standard InChI is InChI=1S/C16H28O/c1-14-9-10-15(12-14)8-6-5-7-11-17-13-16(2,3)4/h10,12H,5-9,11,13H2,1-4H3. The number of rotatable bonds is 7. The van der Waals surface area contributed by atoms with Crippen molar-refractivity contribution in [3.63, 3.8) is 0 Å². The molecule has 0 atom stereocenters. The van der Waals surface area contributed by atoms with Crippen LogP contribution in [0.25, 0.3) is 0 Å². The summed E-state index contributed by atoms with van der Waals surface area (Å²) >= 11 is 0. The lowest BCUT2D eigenvalue weighted by atomic mass is 9.99. The highest BCUT2D eigenvalue weighted by molar-refractivity contribution is 5.31. The van der Waals surface area contributed by atoms with Crippen LogP contribution in [0.4, 0.5) is 0 Å². The van der Waals surface area contributed by atoms with Crippen LogP contribution in [0.2, 0.25) is 0 Å². The number of ether oxygens (including phenoxy) is 1. The van der Waals surface area contributed by atoms with Gasteiger partial charge in [0.15, 0.2) is 0 Å². The van der Waals surface area contributed by atoms with E-state index in [1.807, 2.05) is 0 Å². The summed E-state index contributed by atoms with van der Waals surface area (Å²) in [7, 11) is 0. The minimum absolute atomic E-state index is 0.303. The molecule has 98 valence electrons. The van der Waals surface area contributed by atoms with E-state index in [2.05, 4.69) is 39.8 Å². The highest BCUT2D eigenvalue weighted by Gasteiger charge is 2.09. The summed E-state index contributed by atoms with van der Waals surface area (Å²) in [6.07, 6.45) is 10.9. The third kappa shape index (κ3) is 7.38. The maximum absolute atomic E-state index is 5.66. The maximum atomic E-state index is 5.66. The molecule has 0 aromatic heterocycles. The lowest BCUT2D eigenvalue weighted by Gasteiger charge is -2.17. The molecule has 1 aliphatic carbocycles. The molecule has 0 fully saturated rings. The quantitative estimate of drug-likeness (QED) is 0.572. The van der Waals surface area contributed by atoms with Gasteiger partial charge in [0.1, 0.15) is 0 Å². The Bertz CT molecular complexity index is 278. The average Bonchev–Trinajstić information content (AvgIpc) is 2.61. The van der Waals surface area contributed by atoms with Gasteiger partial charge in [0.2, 0.25) is 0 Å². The topological polar surface area (TPSA) is 9.23 Å². The molecule has 0 aromatic carbocycles. The number of hydrogen-bond donors (Lipinski definition) is 0. The van der Waals surface area contributed by atoms with Gasteiger partial charge in [-0.2, -0.15) is 0 Å². The van der Waals surface area contributed by atoms with Gasteiger partial charge in [0.05, 0.1) is 6.61 Å². The first-order valence-corrected chi connectivity index (χ1v) is 6.91. The third-order valence-corrected chi connectivity index (χ3v) is 2.91. The van der Waals surface area contributed by atoms with Crippen molar-refractivity contribution < 1.29 is 4.74 Å². The van der Waals surface area contributed by atoms with Crippen molar-refractivity contribution in [2.45, 2.75) is 59.8 Å². The van der Waals surface area contributed by atoms with E-state index in [1.165, 1.54) is 43.3 Å². The first-order chi connectivity index (χ1) is 7.97. The molecule has 0 bridgehead atoms. The van der Waals surface area contributed by atoms with Gasteiger partial charge in [-0.15, -0.1) is 0 Å². The van der Waals surface area contributed by atoms with Gasteiger partial charge in [-0.3, -0.25) is 0 Å². The highest BCUT2D eigenvalue weighted by atomic mass is 16.5. The predicted octanol–water partition coefficient (Wildman–Crippen LogP) is 4.89. The highest BCUT2D eigenvalue weighted by Crippen LogP contribution is 2.21. The minimum atomic E-state index is 0.303.